The Bertz CT molecular complexity index is 578. The molecule has 1 aliphatic heterocycles. The molecule has 0 saturated carbocycles. The molecule has 2 N–H and O–H groups in total. The molecule has 0 unspecified atom stereocenters. The molecular formula is C13H14N2O3. The van der Waals surface area contributed by atoms with E-state index in [4.69, 9.17) is 19.7 Å². The van der Waals surface area contributed by atoms with Gasteiger partial charge >= 0.3 is 0 Å². The monoisotopic (exact) mass is 246 g/mol. The van der Waals surface area contributed by atoms with Gasteiger partial charge in [0.25, 0.3) is 0 Å². The normalized spacial score (nSPS) is 13.6. The summed E-state index contributed by atoms with van der Waals surface area (Å²) in [7, 11) is 0. The van der Waals surface area contributed by atoms with Crippen molar-refractivity contribution in [1.82, 2.24) is 5.16 Å². The van der Waals surface area contributed by atoms with Crippen LogP contribution in [0.4, 0.5) is 5.82 Å². The van der Waals surface area contributed by atoms with Gasteiger partial charge in [-0.15, -0.1) is 0 Å². The van der Waals surface area contributed by atoms with Crippen LogP contribution in [0, 0.1) is 0 Å². The molecule has 1 aromatic carbocycles. The molecule has 94 valence electrons. The van der Waals surface area contributed by atoms with Gasteiger partial charge in [-0.05, 0) is 24.1 Å². The average Bonchev–Trinajstić information content (AvgIpc) is 2.83. The van der Waals surface area contributed by atoms with Crippen LogP contribution in [0.5, 0.6) is 11.5 Å². The summed E-state index contributed by atoms with van der Waals surface area (Å²) in [5.74, 6) is 2.56. The Balaban J connectivity index is 2.12. The molecule has 0 atom stereocenters. The number of nitrogen functional groups attached to an aromatic ring is 1. The SMILES string of the molecule is CCc1cc2c(cc1-c1cc(N)no1)OCCO2. The molecular weight excluding hydrogens is 232 g/mol. The summed E-state index contributed by atoms with van der Waals surface area (Å²) < 4.78 is 16.4. The predicted octanol–water partition coefficient (Wildman–Crippen LogP) is 2.26. The van der Waals surface area contributed by atoms with Gasteiger partial charge in [-0.3, -0.25) is 0 Å². The predicted molar refractivity (Wildman–Crippen MR) is 66.7 cm³/mol. The van der Waals surface area contributed by atoms with Crippen molar-refractivity contribution in [3.05, 3.63) is 23.8 Å². The quantitative estimate of drug-likeness (QED) is 0.880. The van der Waals surface area contributed by atoms with Crippen LogP contribution >= 0.6 is 0 Å². The summed E-state index contributed by atoms with van der Waals surface area (Å²) in [6, 6.07) is 5.63. The lowest BCUT2D eigenvalue weighted by Crippen LogP contribution is -2.15. The Morgan fingerprint density at radius 2 is 1.89 bits per heavy atom. The third-order valence-corrected chi connectivity index (χ3v) is 2.94. The zero-order valence-corrected chi connectivity index (χ0v) is 10.1. The molecule has 2 aromatic rings. The molecule has 0 aliphatic carbocycles. The van der Waals surface area contributed by atoms with Gasteiger partial charge in [-0.2, -0.15) is 0 Å². The van der Waals surface area contributed by atoms with Crippen LogP contribution in [0.2, 0.25) is 0 Å². The van der Waals surface area contributed by atoms with Crippen LogP contribution in [0.3, 0.4) is 0 Å². The second-order valence-electron chi connectivity index (χ2n) is 4.12. The highest BCUT2D eigenvalue weighted by Crippen LogP contribution is 2.38. The van der Waals surface area contributed by atoms with E-state index in [1.807, 2.05) is 12.1 Å². The van der Waals surface area contributed by atoms with Gasteiger partial charge in [0.05, 0.1) is 0 Å². The molecule has 18 heavy (non-hydrogen) atoms. The van der Waals surface area contributed by atoms with E-state index < -0.39 is 0 Å². The Hall–Kier alpha value is -2.17. The molecule has 0 saturated heterocycles. The summed E-state index contributed by atoms with van der Waals surface area (Å²) in [4.78, 5) is 0. The molecule has 0 amide bonds. The maximum Gasteiger partial charge on any atom is 0.169 e. The van der Waals surface area contributed by atoms with E-state index in [1.165, 1.54) is 0 Å². The first-order valence-corrected chi connectivity index (χ1v) is 5.93. The van der Waals surface area contributed by atoms with Gasteiger partial charge in [0, 0.05) is 11.6 Å². The minimum absolute atomic E-state index is 0.377. The van der Waals surface area contributed by atoms with Crippen molar-refractivity contribution in [2.45, 2.75) is 13.3 Å². The average molecular weight is 246 g/mol. The molecule has 5 nitrogen and oxygen atoms in total. The number of fused-ring (bicyclic) bond motifs is 1. The van der Waals surface area contributed by atoms with Crippen molar-refractivity contribution < 1.29 is 14.0 Å². The second-order valence-corrected chi connectivity index (χ2v) is 4.12. The topological polar surface area (TPSA) is 70.5 Å². The lowest BCUT2D eigenvalue weighted by molar-refractivity contribution is 0.171. The minimum atomic E-state index is 0.377. The van der Waals surface area contributed by atoms with Gasteiger partial charge in [0.1, 0.15) is 13.2 Å². The Morgan fingerprint density at radius 1 is 1.17 bits per heavy atom. The number of hydrogen-bond acceptors (Lipinski definition) is 5. The highest BCUT2D eigenvalue weighted by atomic mass is 16.6. The number of nitrogens with zero attached hydrogens (tertiary/aromatic N) is 1. The van der Waals surface area contributed by atoms with Gasteiger partial charge in [-0.1, -0.05) is 12.1 Å². The van der Waals surface area contributed by atoms with Gasteiger partial charge < -0.3 is 19.7 Å². The molecule has 1 aromatic heterocycles. The van der Waals surface area contributed by atoms with Gasteiger partial charge in [0.15, 0.2) is 23.1 Å². The van der Waals surface area contributed by atoms with Crippen LogP contribution in [0.1, 0.15) is 12.5 Å². The number of hydrogen-bond donors (Lipinski definition) is 1. The smallest absolute Gasteiger partial charge is 0.169 e. The Labute approximate surface area is 104 Å². The lowest BCUT2D eigenvalue weighted by Gasteiger charge is -2.20. The third kappa shape index (κ3) is 1.77. The van der Waals surface area contributed by atoms with E-state index in [1.54, 1.807) is 6.07 Å². The molecule has 0 radical (unpaired) electrons. The molecule has 1 aliphatic rings. The van der Waals surface area contributed by atoms with Crippen LogP contribution in [0.15, 0.2) is 22.7 Å². The standard InChI is InChI=1S/C13H14N2O3/c1-2-8-5-11-12(17-4-3-16-11)6-9(8)10-7-13(14)15-18-10/h5-7H,2-4H2,1H3,(H2,14,15). The number of rotatable bonds is 2. The van der Waals surface area contributed by atoms with Crippen LogP contribution in [-0.4, -0.2) is 18.4 Å². The summed E-state index contributed by atoms with van der Waals surface area (Å²) in [6.07, 6.45) is 0.868. The van der Waals surface area contributed by atoms with E-state index in [-0.39, 0.29) is 0 Å². The summed E-state index contributed by atoms with van der Waals surface area (Å²) >= 11 is 0. The maximum absolute atomic E-state index is 5.58. The fourth-order valence-electron chi connectivity index (χ4n) is 2.07. The molecule has 5 heteroatoms. The van der Waals surface area contributed by atoms with Crippen molar-refractivity contribution in [1.29, 1.82) is 0 Å². The van der Waals surface area contributed by atoms with Gasteiger partial charge in [0.2, 0.25) is 0 Å². The number of aryl methyl sites for hydroxylation is 1. The first kappa shape index (κ1) is 11.0. The molecule has 0 spiro atoms. The third-order valence-electron chi connectivity index (χ3n) is 2.94. The highest BCUT2D eigenvalue weighted by Gasteiger charge is 2.18. The number of nitrogens with two attached hydrogens (primary N) is 1. The molecule has 0 fully saturated rings. The van der Waals surface area contributed by atoms with Gasteiger partial charge in [-0.25, -0.2) is 0 Å². The van der Waals surface area contributed by atoms with Crippen LogP contribution < -0.4 is 15.2 Å². The van der Waals surface area contributed by atoms with E-state index in [0.29, 0.717) is 24.8 Å². The van der Waals surface area contributed by atoms with Crippen LogP contribution in [-0.2, 0) is 6.42 Å². The lowest BCUT2D eigenvalue weighted by atomic mass is 10.0. The van der Waals surface area contributed by atoms with E-state index >= 15 is 0 Å². The highest BCUT2D eigenvalue weighted by molar-refractivity contribution is 5.69. The molecule has 2 heterocycles. The number of anilines is 1. The number of aromatic nitrogens is 1. The van der Waals surface area contributed by atoms with Crippen molar-refractivity contribution in [3.8, 4) is 22.8 Å². The first-order chi connectivity index (χ1) is 8.78. The van der Waals surface area contributed by atoms with Crippen LogP contribution in [0.25, 0.3) is 11.3 Å². The van der Waals surface area contributed by atoms with Crippen molar-refractivity contribution in [2.24, 2.45) is 0 Å². The zero-order valence-electron chi connectivity index (χ0n) is 10.1. The van der Waals surface area contributed by atoms with Crippen molar-refractivity contribution in [2.75, 3.05) is 18.9 Å². The van der Waals surface area contributed by atoms with E-state index in [9.17, 15) is 0 Å². The Kier molecular flexibility index (Phi) is 2.59. The van der Waals surface area contributed by atoms with Crippen molar-refractivity contribution in [3.63, 3.8) is 0 Å². The number of ether oxygens (including phenoxy) is 2. The molecule has 0 bridgehead atoms. The zero-order chi connectivity index (χ0) is 12.5. The fourth-order valence-corrected chi connectivity index (χ4v) is 2.07. The molecule has 3 rings (SSSR count). The fraction of sp³-hybridized carbons (Fsp3) is 0.308. The van der Waals surface area contributed by atoms with E-state index in [0.717, 1.165) is 29.0 Å². The summed E-state index contributed by atoms with van der Waals surface area (Å²) in [5.41, 5.74) is 7.66. The number of benzene rings is 1. The van der Waals surface area contributed by atoms with E-state index in [2.05, 4.69) is 12.1 Å². The minimum Gasteiger partial charge on any atom is -0.486 e. The Morgan fingerprint density at radius 3 is 2.50 bits per heavy atom. The maximum atomic E-state index is 5.58. The largest absolute Gasteiger partial charge is 0.486 e. The van der Waals surface area contributed by atoms with Crippen molar-refractivity contribution >= 4 is 5.82 Å². The summed E-state index contributed by atoms with van der Waals surface area (Å²) in [6.45, 7) is 3.23. The summed E-state index contributed by atoms with van der Waals surface area (Å²) in [5, 5.41) is 3.71. The second kappa shape index (κ2) is 4.25. The first-order valence-electron chi connectivity index (χ1n) is 5.93.